The Hall–Kier alpha value is -1.77. The zero-order valence-electron chi connectivity index (χ0n) is 9.57. The Morgan fingerprint density at radius 1 is 1.50 bits per heavy atom. The predicted molar refractivity (Wildman–Crippen MR) is 67.5 cm³/mol. The van der Waals surface area contributed by atoms with E-state index in [1.807, 2.05) is 18.2 Å². The summed E-state index contributed by atoms with van der Waals surface area (Å²) in [7, 11) is 0. The van der Waals surface area contributed by atoms with Gasteiger partial charge in [-0.25, -0.2) is 0 Å². The zero-order chi connectivity index (χ0) is 12.0. The van der Waals surface area contributed by atoms with Crippen LogP contribution in [0.3, 0.4) is 0 Å². The quantitative estimate of drug-likeness (QED) is 0.721. The van der Waals surface area contributed by atoms with Crippen LogP contribution in [0.5, 0.6) is 0 Å². The van der Waals surface area contributed by atoms with Gasteiger partial charge in [0.1, 0.15) is 0 Å². The van der Waals surface area contributed by atoms with Crippen LogP contribution in [0.4, 0.5) is 5.69 Å². The number of hydrogen-bond acceptors (Lipinski definition) is 2. The van der Waals surface area contributed by atoms with Gasteiger partial charge >= 0.3 is 0 Å². The van der Waals surface area contributed by atoms with Crippen molar-refractivity contribution in [2.75, 3.05) is 5.32 Å². The maximum Gasteiger partial charge on any atom is 0.248 e. The van der Waals surface area contributed by atoms with Crippen molar-refractivity contribution in [3.8, 4) is 0 Å². The molecule has 0 saturated carbocycles. The maximum atomic E-state index is 10.9. The van der Waals surface area contributed by atoms with Gasteiger partial charge in [-0.2, -0.15) is 0 Å². The maximum absolute atomic E-state index is 10.9. The zero-order valence-corrected chi connectivity index (χ0v) is 9.57. The second kappa shape index (κ2) is 5.95. The van der Waals surface area contributed by atoms with Gasteiger partial charge in [-0.05, 0) is 44.0 Å². The molecule has 1 rings (SSSR count). The van der Waals surface area contributed by atoms with Crippen LogP contribution in [0.15, 0.2) is 36.9 Å². The van der Waals surface area contributed by atoms with Gasteiger partial charge in [-0.15, -0.1) is 6.58 Å². The highest BCUT2D eigenvalue weighted by molar-refractivity contribution is 5.93. The van der Waals surface area contributed by atoms with E-state index in [9.17, 15) is 4.79 Å². The molecule has 0 aliphatic heterocycles. The van der Waals surface area contributed by atoms with Crippen molar-refractivity contribution < 1.29 is 4.79 Å². The van der Waals surface area contributed by atoms with E-state index in [0.29, 0.717) is 11.6 Å². The van der Waals surface area contributed by atoms with Crippen LogP contribution in [-0.2, 0) is 0 Å². The Labute approximate surface area is 96.3 Å². The van der Waals surface area contributed by atoms with Crippen molar-refractivity contribution in [3.63, 3.8) is 0 Å². The number of nitrogens with one attached hydrogen (secondary N) is 1. The number of primary amides is 1. The summed E-state index contributed by atoms with van der Waals surface area (Å²) in [6.45, 7) is 5.81. The van der Waals surface area contributed by atoms with E-state index < -0.39 is 5.91 Å². The molecule has 0 radical (unpaired) electrons. The fraction of sp³-hybridized carbons (Fsp3) is 0.308. The molecule has 0 bridgehead atoms. The van der Waals surface area contributed by atoms with Crippen LogP contribution in [-0.4, -0.2) is 11.9 Å². The lowest BCUT2D eigenvalue weighted by Crippen LogP contribution is -2.15. The van der Waals surface area contributed by atoms with Crippen molar-refractivity contribution >= 4 is 11.6 Å². The Bertz CT molecular complexity index is 357. The van der Waals surface area contributed by atoms with Gasteiger partial charge in [-0.1, -0.05) is 6.08 Å². The first-order valence-electron chi connectivity index (χ1n) is 5.40. The Morgan fingerprint density at radius 2 is 2.12 bits per heavy atom. The molecule has 0 aliphatic rings. The molecule has 3 heteroatoms. The summed E-state index contributed by atoms with van der Waals surface area (Å²) in [6, 6.07) is 7.57. The summed E-state index contributed by atoms with van der Waals surface area (Å²) in [5.74, 6) is -0.397. The molecule has 0 spiro atoms. The SMILES string of the molecule is C=CCCC(C)Nc1ccc(C(N)=O)cc1. The molecule has 1 atom stereocenters. The normalized spacial score (nSPS) is 11.8. The van der Waals surface area contributed by atoms with E-state index in [1.54, 1.807) is 12.1 Å². The van der Waals surface area contributed by atoms with E-state index in [0.717, 1.165) is 18.5 Å². The highest BCUT2D eigenvalue weighted by atomic mass is 16.1. The number of carbonyl (C=O) groups is 1. The third-order valence-electron chi connectivity index (χ3n) is 2.39. The van der Waals surface area contributed by atoms with Gasteiger partial charge in [0.2, 0.25) is 5.91 Å². The number of hydrogen-bond donors (Lipinski definition) is 2. The third kappa shape index (κ3) is 3.77. The Balaban J connectivity index is 2.54. The molecule has 0 saturated heterocycles. The standard InChI is InChI=1S/C13H18N2O/c1-3-4-5-10(2)15-12-8-6-11(7-9-12)13(14)16/h3,6-10,15H,1,4-5H2,2H3,(H2,14,16). The largest absolute Gasteiger partial charge is 0.383 e. The average molecular weight is 218 g/mol. The molecule has 0 aliphatic carbocycles. The first-order valence-corrected chi connectivity index (χ1v) is 5.40. The summed E-state index contributed by atoms with van der Waals surface area (Å²) in [5.41, 5.74) is 6.69. The molecule has 1 aromatic carbocycles. The van der Waals surface area contributed by atoms with Gasteiger partial charge in [0, 0.05) is 17.3 Å². The molecule has 0 fully saturated rings. The number of amides is 1. The summed E-state index contributed by atoms with van der Waals surface area (Å²) in [6.07, 6.45) is 3.95. The van der Waals surface area contributed by atoms with E-state index in [2.05, 4.69) is 18.8 Å². The van der Waals surface area contributed by atoms with Crippen LogP contribution >= 0.6 is 0 Å². The lowest BCUT2D eigenvalue weighted by molar-refractivity contribution is 0.100. The topological polar surface area (TPSA) is 55.1 Å². The second-order valence-corrected chi connectivity index (χ2v) is 3.85. The van der Waals surface area contributed by atoms with Crippen molar-refractivity contribution in [1.29, 1.82) is 0 Å². The lowest BCUT2D eigenvalue weighted by Gasteiger charge is -2.14. The number of nitrogens with two attached hydrogens (primary N) is 1. The van der Waals surface area contributed by atoms with E-state index in [1.165, 1.54) is 0 Å². The average Bonchev–Trinajstić information content (AvgIpc) is 2.27. The highest BCUT2D eigenvalue weighted by Crippen LogP contribution is 2.12. The molecule has 3 nitrogen and oxygen atoms in total. The van der Waals surface area contributed by atoms with Gasteiger partial charge in [0.05, 0.1) is 0 Å². The smallest absolute Gasteiger partial charge is 0.248 e. The van der Waals surface area contributed by atoms with Gasteiger partial charge < -0.3 is 11.1 Å². The Kier molecular flexibility index (Phi) is 4.58. The molecule has 0 heterocycles. The molecule has 16 heavy (non-hydrogen) atoms. The first kappa shape index (κ1) is 12.3. The third-order valence-corrected chi connectivity index (χ3v) is 2.39. The second-order valence-electron chi connectivity index (χ2n) is 3.85. The monoisotopic (exact) mass is 218 g/mol. The molecule has 3 N–H and O–H groups in total. The van der Waals surface area contributed by atoms with Gasteiger partial charge in [-0.3, -0.25) is 4.79 Å². The van der Waals surface area contributed by atoms with Crippen molar-refractivity contribution in [2.24, 2.45) is 5.73 Å². The number of carbonyl (C=O) groups excluding carboxylic acids is 1. The van der Waals surface area contributed by atoms with Crippen LogP contribution < -0.4 is 11.1 Å². The molecular formula is C13H18N2O. The summed E-state index contributed by atoms with van der Waals surface area (Å²) in [5, 5.41) is 3.34. The minimum atomic E-state index is -0.397. The fourth-order valence-corrected chi connectivity index (χ4v) is 1.46. The van der Waals surface area contributed by atoms with Gasteiger partial charge in [0.25, 0.3) is 0 Å². The minimum Gasteiger partial charge on any atom is -0.383 e. The first-order chi connectivity index (χ1) is 7.63. The molecule has 86 valence electrons. The molecule has 0 aromatic heterocycles. The molecule has 1 aromatic rings. The van der Waals surface area contributed by atoms with Crippen molar-refractivity contribution in [3.05, 3.63) is 42.5 Å². The number of allylic oxidation sites excluding steroid dienone is 1. The van der Waals surface area contributed by atoms with E-state index in [4.69, 9.17) is 5.73 Å². The molecular weight excluding hydrogens is 200 g/mol. The number of benzene rings is 1. The van der Waals surface area contributed by atoms with Gasteiger partial charge in [0.15, 0.2) is 0 Å². The van der Waals surface area contributed by atoms with Crippen LogP contribution in [0, 0.1) is 0 Å². The van der Waals surface area contributed by atoms with E-state index in [-0.39, 0.29) is 0 Å². The highest BCUT2D eigenvalue weighted by Gasteiger charge is 2.02. The Morgan fingerprint density at radius 3 is 2.62 bits per heavy atom. The summed E-state index contributed by atoms with van der Waals surface area (Å²) >= 11 is 0. The number of rotatable bonds is 6. The summed E-state index contributed by atoms with van der Waals surface area (Å²) in [4.78, 5) is 10.9. The van der Waals surface area contributed by atoms with Crippen molar-refractivity contribution in [1.82, 2.24) is 0 Å². The lowest BCUT2D eigenvalue weighted by atomic mass is 10.1. The van der Waals surface area contributed by atoms with Crippen molar-refractivity contribution in [2.45, 2.75) is 25.8 Å². The van der Waals surface area contributed by atoms with E-state index >= 15 is 0 Å². The van der Waals surface area contributed by atoms with Crippen LogP contribution in [0.25, 0.3) is 0 Å². The van der Waals surface area contributed by atoms with Crippen LogP contribution in [0.2, 0.25) is 0 Å². The molecule has 1 amide bonds. The molecule has 1 unspecified atom stereocenters. The predicted octanol–water partition coefficient (Wildman–Crippen LogP) is 2.55. The fourth-order valence-electron chi connectivity index (χ4n) is 1.46. The number of anilines is 1. The minimum absolute atomic E-state index is 0.387. The summed E-state index contributed by atoms with van der Waals surface area (Å²) < 4.78 is 0. The van der Waals surface area contributed by atoms with Crippen LogP contribution in [0.1, 0.15) is 30.1 Å².